The highest BCUT2D eigenvalue weighted by atomic mass is 19.1. The summed E-state index contributed by atoms with van der Waals surface area (Å²) in [6.07, 6.45) is 3.37. The molecule has 118 valence electrons. The van der Waals surface area contributed by atoms with Crippen molar-refractivity contribution in [3.63, 3.8) is 0 Å². The Hall–Kier alpha value is -2.24. The van der Waals surface area contributed by atoms with Gasteiger partial charge < -0.3 is 9.64 Å². The number of halogens is 2. The van der Waals surface area contributed by atoms with Crippen LogP contribution in [0.4, 0.5) is 14.6 Å². The molecule has 0 atom stereocenters. The molecule has 0 unspecified atom stereocenters. The van der Waals surface area contributed by atoms with Crippen LogP contribution in [0.3, 0.4) is 0 Å². The number of rotatable bonds is 7. The summed E-state index contributed by atoms with van der Waals surface area (Å²) in [7, 11) is 0. The van der Waals surface area contributed by atoms with Crippen molar-refractivity contribution in [2.24, 2.45) is 0 Å². The van der Waals surface area contributed by atoms with Gasteiger partial charge in [0, 0.05) is 25.2 Å². The average Bonchev–Trinajstić information content (AvgIpc) is 2.50. The lowest BCUT2D eigenvalue weighted by atomic mass is 10.3. The largest absolute Gasteiger partial charge is 0.436 e. The van der Waals surface area contributed by atoms with Gasteiger partial charge in [0.25, 0.3) is 0 Å². The van der Waals surface area contributed by atoms with E-state index in [0.717, 1.165) is 43.9 Å². The molecule has 1 aromatic heterocycles. The van der Waals surface area contributed by atoms with Gasteiger partial charge in [-0.3, -0.25) is 0 Å². The van der Waals surface area contributed by atoms with E-state index in [-0.39, 0.29) is 11.6 Å². The molecule has 0 fully saturated rings. The van der Waals surface area contributed by atoms with E-state index in [1.807, 2.05) is 0 Å². The van der Waals surface area contributed by atoms with Crippen LogP contribution in [0.5, 0.6) is 11.6 Å². The second-order valence-electron chi connectivity index (χ2n) is 4.88. The molecule has 0 aliphatic carbocycles. The zero-order valence-electron chi connectivity index (χ0n) is 12.7. The molecule has 0 saturated heterocycles. The van der Waals surface area contributed by atoms with E-state index in [4.69, 9.17) is 4.74 Å². The number of benzene rings is 1. The van der Waals surface area contributed by atoms with E-state index in [0.29, 0.717) is 0 Å². The highest BCUT2D eigenvalue weighted by Gasteiger charge is 2.11. The molecule has 2 aromatic rings. The number of hydrogen-bond donors (Lipinski definition) is 0. The molecule has 2 rings (SSSR count). The summed E-state index contributed by atoms with van der Waals surface area (Å²) in [5, 5.41) is 0. The first-order chi connectivity index (χ1) is 10.6. The van der Waals surface area contributed by atoms with Crippen LogP contribution in [-0.4, -0.2) is 23.1 Å². The van der Waals surface area contributed by atoms with Gasteiger partial charge >= 0.3 is 0 Å². The third-order valence-electron chi connectivity index (χ3n) is 3.05. The number of ether oxygens (including phenoxy) is 1. The lowest BCUT2D eigenvalue weighted by molar-refractivity contribution is 0.422. The maximum atomic E-state index is 13.6. The Balaban J connectivity index is 2.20. The Bertz CT molecular complexity index is 616. The van der Waals surface area contributed by atoms with E-state index < -0.39 is 11.6 Å². The quantitative estimate of drug-likeness (QED) is 0.769. The van der Waals surface area contributed by atoms with Gasteiger partial charge in [-0.05, 0) is 25.0 Å². The topological polar surface area (TPSA) is 38.2 Å². The SMILES string of the molecule is CCCN(CCC)c1cc(Oc2ccc(F)cc2F)ncn1. The second kappa shape index (κ2) is 7.68. The Kier molecular flexibility index (Phi) is 5.63. The van der Waals surface area contributed by atoms with E-state index in [1.165, 1.54) is 12.4 Å². The van der Waals surface area contributed by atoms with Crippen LogP contribution < -0.4 is 9.64 Å². The van der Waals surface area contributed by atoms with Crippen molar-refractivity contribution in [2.45, 2.75) is 26.7 Å². The van der Waals surface area contributed by atoms with Crippen molar-refractivity contribution >= 4 is 5.82 Å². The smallest absolute Gasteiger partial charge is 0.224 e. The molecule has 0 aliphatic heterocycles. The van der Waals surface area contributed by atoms with Crippen molar-refractivity contribution in [3.05, 3.63) is 42.2 Å². The predicted octanol–water partition coefficient (Wildman–Crippen LogP) is 4.17. The maximum Gasteiger partial charge on any atom is 0.224 e. The fourth-order valence-corrected chi connectivity index (χ4v) is 2.11. The Morgan fingerprint density at radius 2 is 1.77 bits per heavy atom. The number of hydrogen-bond acceptors (Lipinski definition) is 4. The van der Waals surface area contributed by atoms with Crippen molar-refractivity contribution in [1.82, 2.24) is 9.97 Å². The van der Waals surface area contributed by atoms with E-state index in [9.17, 15) is 8.78 Å². The summed E-state index contributed by atoms with van der Waals surface area (Å²) < 4.78 is 31.9. The zero-order chi connectivity index (χ0) is 15.9. The van der Waals surface area contributed by atoms with Gasteiger partial charge in [0.15, 0.2) is 11.6 Å². The van der Waals surface area contributed by atoms with Crippen LogP contribution in [0.1, 0.15) is 26.7 Å². The van der Waals surface area contributed by atoms with Crippen molar-refractivity contribution in [1.29, 1.82) is 0 Å². The first-order valence-corrected chi connectivity index (χ1v) is 7.34. The normalized spacial score (nSPS) is 10.5. The van der Waals surface area contributed by atoms with Gasteiger partial charge in [-0.15, -0.1) is 0 Å². The van der Waals surface area contributed by atoms with Gasteiger partial charge in [-0.2, -0.15) is 0 Å². The molecule has 0 amide bonds. The summed E-state index contributed by atoms with van der Waals surface area (Å²) in [6.45, 7) is 5.93. The molecular weight excluding hydrogens is 288 g/mol. The monoisotopic (exact) mass is 307 g/mol. The summed E-state index contributed by atoms with van der Waals surface area (Å²) in [5.41, 5.74) is 0. The number of aromatic nitrogens is 2. The highest BCUT2D eigenvalue weighted by molar-refractivity contribution is 5.42. The molecule has 0 aliphatic rings. The van der Waals surface area contributed by atoms with Crippen LogP contribution in [0.15, 0.2) is 30.6 Å². The van der Waals surface area contributed by atoms with Crippen LogP contribution in [-0.2, 0) is 0 Å². The molecule has 6 heteroatoms. The minimum atomic E-state index is -0.765. The average molecular weight is 307 g/mol. The van der Waals surface area contributed by atoms with Gasteiger partial charge in [-0.1, -0.05) is 13.8 Å². The third-order valence-corrected chi connectivity index (χ3v) is 3.05. The zero-order valence-corrected chi connectivity index (χ0v) is 12.7. The van der Waals surface area contributed by atoms with Crippen LogP contribution >= 0.6 is 0 Å². The Morgan fingerprint density at radius 3 is 2.41 bits per heavy atom. The minimum Gasteiger partial charge on any atom is -0.436 e. The van der Waals surface area contributed by atoms with Crippen LogP contribution in [0.25, 0.3) is 0 Å². The predicted molar refractivity (Wildman–Crippen MR) is 81.3 cm³/mol. The molecule has 0 saturated carbocycles. The van der Waals surface area contributed by atoms with E-state index in [1.54, 1.807) is 6.07 Å². The van der Waals surface area contributed by atoms with E-state index in [2.05, 4.69) is 28.7 Å². The van der Waals surface area contributed by atoms with Crippen LogP contribution in [0, 0.1) is 11.6 Å². The lowest BCUT2D eigenvalue weighted by Crippen LogP contribution is -2.25. The van der Waals surface area contributed by atoms with Crippen molar-refractivity contribution in [3.8, 4) is 11.6 Å². The summed E-state index contributed by atoms with van der Waals surface area (Å²) in [4.78, 5) is 10.3. The van der Waals surface area contributed by atoms with Crippen molar-refractivity contribution < 1.29 is 13.5 Å². The first kappa shape index (κ1) is 16.1. The summed E-state index contributed by atoms with van der Waals surface area (Å²) in [5.74, 6) is -0.517. The third kappa shape index (κ3) is 4.13. The fraction of sp³-hybridized carbons (Fsp3) is 0.375. The molecule has 0 radical (unpaired) electrons. The number of anilines is 1. The van der Waals surface area contributed by atoms with Gasteiger partial charge in [0.05, 0.1) is 0 Å². The highest BCUT2D eigenvalue weighted by Crippen LogP contribution is 2.25. The minimum absolute atomic E-state index is 0.0661. The summed E-state index contributed by atoms with van der Waals surface area (Å²) >= 11 is 0. The maximum absolute atomic E-state index is 13.6. The van der Waals surface area contributed by atoms with Crippen LogP contribution in [0.2, 0.25) is 0 Å². The molecule has 0 bridgehead atoms. The molecule has 1 heterocycles. The molecule has 0 N–H and O–H groups in total. The summed E-state index contributed by atoms with van der Waals surface area (Å²) in [6, 6.07) is 4.81. The number of nitrogens with zero attached hydrogens (tertiary/aromatic N) is 3. The molecule has 1 aromatic carbocycles. The van der Waals surface area contributed by atoms with Gasteiger partial charge in [0.2, 0.25) is 5.88 Å². The van der Waals surface area contributed by atoms with Gasteiger partial charge in [0.1, 0.15) is 18.0 Å². The standard InChI is InChI=1S/C16H19F2N3O/c1-3-7-21(8-4-2)15-10-16(20-11-19-15)22-14-6-5-12(17)9-13(14)18/h5-6,9-11H,3-4,7-8H2,1-2H3. The molecule has 22 heavy (non-hydrogen) atoms. The molecular formula is C16H19F2N3O. The second-order valence-corrected chi connectivity index (χ2v) is 4.88. The van der Waals surface area contributed by atoms with E-state index >= 15 is 0 Å². The van der Waals surface area contributed by atoms with Crippen molar-refractivity contribution in [2.75, 3.05) is 18.0 Å². The Labute approximate surface area is 128 Å². The molecule has 0 spiro atoms. The first-order valence-electron chi connectivity index (χ1n) is 7.34. The fourth-order valence-electron chi connectivity index (χ4n) is 2.11. The lowest BCUT2D eigenvalue weighted by Gasteiger charge is -2.22. The van der Waals surface area contributed by atoms with Gasteiger partial charge in [-0.25, -0.2) is 18.7 Å². The molecule has 4 nitrogen and oxygen atoms in total. The Morgan fingerprint density at radius 1 is 1.05 bits per heavy atom.